The Kier molecular flexibility index (Phi) is 6.35. The highest BCUT2D eigenvalue weighted by Gasteiger charge is 2.21. The van der Waals surface area contributed by atoms with Crippen LogP contribution in [0.15, 0.2) is 23.1 Å². The Balaban J connectivity index is 1.48. The van der Waals surface area contributed by atoms with Crippen molar-refractivity contribution in [3.05, 3.63) is 29.3 Å². The molecule has 0 aromatic heterocycles. The minimum absolute atomic E-state index is 0.0716. The van der Waals surface area contributed by atoms with E-state index in [0.717, 1.165) is 56.4 Å². The molecule has 1 aromatic rings. The molecular formula is C20H30N2O3S. The molecule has 0 heterocycles. The van der Waals surface area contributed by atoms with E-state index in [2.05, 4.69) is 17.0 Å². The van der Waals surface area contributed by atoms with Gasteiger partial charge < -0.3 is 5.32 Å². The van der Waals surface area contributed by atoms with Crippen molar-refractivity contribution in [3.63, 3.8) is 0 Å². The van der Waals surface area contributed by atoms with E-state index >= 15 is 0 Å². The molecule has 1 fully saturated rings. The summed E-state index contributed by atoms with van der Waals surface area (Å²) in [7, 11) is -3.56. The third-order valence-corrected chi connectivity index (χ3v) is 7.11. The second-order valence-corrected chi connectivity index (χ2v) is 9.58. The van der Waals surface area contributed by atoms with Crippen LogP contribution in [0.2, 0.25) is 0 Å². The van der Waals surface area contributed by atoms with Crippen LogP contribution in [0.4, 0.5) is 0 Å². The van der Waals surface area contributed by atoms with Gasteiger partial charge in [-0.1, -0.05) is 13.0 Å². The van der Waals surface area contributed by atoms with Crippen molar-refractivity contribution in [2.45, 2.75) is 75.6 Å². The van der Waals surface area contributed by atoms with Gasteiger partial charge in [0.05, 0.1) is 4.90 Å². The molecule has 1 saturated carbocycles. The van der Waals surface area contributed by atoms with E-state index < -0.39 is 10.0 Å². The van der Waals surface area contributed by atoms with E-state index in [4.69, 9.17) is 0 Å². The number of benzene rings is 1. The molecule has 0 atom stereocenters. The highest BCUT2D eigenvalue weighted by Crippen LogP contribution is 2.24. The van der Waals surface area contributed by atoms with E-state index in [1.165, 1.54) is 12.0 Å². The molecule has 5 nitrogen and oxygen atoms in total. The average Bonchev–Trinajstić information content (AvgIpc) is 2.63. The SMILES string of the molecule is CC1CCC(NC(=O)CCNS(=O)(=O)c2ccc3c(c2)CCCC3)CC1. The van der Waals surface area contributed by atoms with Gasteiger partial charge in [-0.2, -0.15) is 0 Å². The Morgan fingerprint density at radius 3 is 2.50 bits per heavy atom. The van der Waals surface area contributed by atoms with Crippen LogP contribution in [-0.2, 0) is 27.7 Å². The Morgan fingerprint density at radius 2 is 1.77 bits per heavy atom. The number of fused-ring (bicyclic) bond motifs is 1. The van der Waals surface area contributed by atoms with Crippen LogP contribution in [0.3, 0.4) is 0 Å². The van der Waals surface area contributed by atoms with Gasteiger partial charge >= 0.3 is 0 Å². The summed E-state index contributed by atoms with van der Waals surface area (Å²) in [6, 6.07) is 5.64. The first-order valence-electron chi connectivity index (χ1n) is 9.85. The summed E-state index contributed by atoms with van der Waals surface area (Å²) in [5.74, 6) is 0.671. The molecule has 0 saturated heterocycles. The Bertz CT molecular complexity index is 737. The third-order valence-electron chi connectivity index (χ3n) is 5.66. The van der Waals surface area contributed by atoms with E-state index in [-0.39, 0.29) is 24.9 Å². The van der Waals surface area contributed by atoms with Gasteiger partial charge in [0.25, 0.3) is 0 Å². The largest absolute Gasteiger partial charge is 0.353 e. The van der Waals surface area contributed by atoms with Gasteiger partial charge in [0, 0.05) is 19.0 Å². The summed E-state index contributed by atoms with van der Waals surface area (Å²) >= 11 is 0. The maximum Gasteiger partial charge on any atom is 0.240 e. The highest BCUT2D eigenvalue weighted by molar-refractivity contribution is 7.89. The summed E-state index contributed by atoms with van der Waals surface area (Å²) in [5.41, 5.74) is 2.40. The number of nitrogens with one attached hydrogen (secondary N) is 2. The fraction of sp³-hybridized carbons (Fsp3) is 0.650. The minimum Gasteiger partial charge on any atom is -0.353 e. The normalized spacial score (nSPS) is 23.3. The molecule has 2 aliphatic rings. The second kappa shape index (κ2) is 8.53. The average molecular weight is 379 g/mol. The quantitative estimate of drug-likeness (QED) is 0.799. The zero-order chi connectivity index (χ0) is 18.6. The van der Waals surface area contributed by atoms with Gasteiger partial charge in [-0.25, -0.2) is 13.1 Å². The minimum atomic E-state index is -3.56. The zero-order valence-electron chi connectivity index (χ0n) is 15.6. The number of hydrogen-bond donors (Lipinski definition) is 2. The van der Waals surface area contributed by atoms with Crippen molar-refractivity contribution in [2.75, 3.05) is 6.54 Å². The molecule has 1 amide bonds. The first-order valence-corrected chi connectivity index (χ1v) is 11.3. The number of sulfonamides is 1. The first kappa shape index (κ1) is 19.4. The van der Waals surface area contributed by atoms with Crippen molar-refractivity contribution < 1.29 is 13.2 Å². The lowest BCUT2D eigenvalue weighted by atomic mass is 9.87. The van der Waals surface area contributed by atoms with Crippen LogP contribution in [0.25, 0.3) is 0 Å². The molecular weight excluding hydrogens is 348 g/mol. The molecule has 0 radical (unpaired) electrons. The van der Waals surface area contributed by atoms with Crippen LogP contribution >= 0.6 is 0 Å². The zero-order valence-corrected chi connectivity index (χ0v) is 16.4. The standard InChI is InChI=1S/C20H30N2O3S/c1-15-6-9-18(10-7-15)22-20(23)12-13-21-26(24,25)19-11-8-16-4-2-3-5-17(16)14-19/h8,11,14-15,18,21H,2-7,9-10,12-13H2,1H3,(H,22,23). The van der Waals surface area contributed by atoms with Crippen molar-refractivity contribution in [3.8, 4) is 0 Å². The van der Waals surface area contributed by atoms with E-state index in [1.807, 2.05) is 6.07 Å². The summed E-state index contributed by atoms with van der Waals surface area (Å²) in [6.07, 6.45) is 8.78. The monoisotopic (exact) mass is 378 g/mol. The van der Waals surface area contributed by atoms with Gasteiger partial charge in [-0.05, 0) is 80.5 Å². The predicted molar refractivity (Wildman–Crippen MR) is 102 cm³/mol. The molecule has 0 unspecified atom stereocenters. The summed E-state index contributed by atoms with van der Waals surface area (Å²) in [4.78, 5) is 12.4. The predicted octanol–water partition coefficient (Wildman–Crippen LogP) is 2.93. The van der Waals surface area contributed by atoms with Gasteiger partial charge in [-0.15, -0.1) is 0 Å². The maximum atomic E-state index is 12.5. The van der Waals surface area contributed by atoms with E-state index in [1.54, 1.807) is 12.1 Å². The van der Waals surface area contributed by atoms with Gasteiger partial charge in [0.15, 0.2) is 0 Å². The molecule has 0 aliphatic heterocycles. The van der Waals surface area contributed by atoms with Crippen LogP contribution in [-0.4, -0.2) is 26.9 Å². The lowest BCUT2D eigenvalue weighted by Crippen LogP contribution is -2.39. The Labute approximate surface area is 157 Å². The van der Waals surface area contributed by atoms with Crippen LogP contribution in [0.1, 0.15) is 63.0 Å². The molecule has 2 N–H and O–H groups in total. The molecule has 2 aliphatic carbocycles. The smallest absolute Gasteiger partial charge is 0.240 e. The van der Waals surface area contributed by atoms with Crippen LogP contribution < -0.4 is 10.0 Å². The van der Waals surface area contributed by atoms with E-state index in [0.29, 0.717) is 4.90 Å². The van der Waals surface area contributed by atoms with Crippen molar-refractivity contribution in [1.29, 1.82) is 0 Å². The maximum absolute atomic E-state index is 12.5. The van der Waals surface area contributed by atoms with Crippen molar-refractivity contribution in [2.24, 2.45) is 5.92 Å². The second-order valence-electron chi connectivity index (χ2n) is 7.81. The van der Waals surface area contributed by atoms with Crippen molar-refractivity contribution >= 4 is 15.9 Å². The molecule has 3 rings (SSSR count). The molecule has 6 heteroatoms. The number of hydrogen-bond acceptors (Lipinski definition) is 3. The lowest BCUT2D eigenvalue weighted by molar-refractivity contribution is -0.121. The number of rotatable bonds is 6. The molecule has 0 spiro atoms. The number of amides is 1. The number of aryl methyl sites for hydroxylation is 2. The molecule has 26 heavy (non-hydrogen) atoms. The summed E-state index contributed by atoms with van der Waals surface area (Å²) in [6.45, 7) is 2.38. The molecule has 1 aromatic carbocycles. The fourth-order valence-corrected chi connectivity index (χ4v) is 5.05. The Morgan fingerprint density at radius 1 is 1.08 bits per heavy atom. The summed E-state index contributed by atoms with van der Waals surface area (Å²) < 4.78 is 27.5. The Hall–Kier alpha value is -1.40. The van der Waals surface area contributed by atoms with Gasteiger partial charge in [0.1, 0.15) is 0 Å². The van der Waals surface area contributed by atoms with Gasteiger partial charge in [0.2, 0.25) is 15.9 Å². The highest BCUT2D eigenvalue weighted by atomic mass is 32.2. The topological polar surface area (TPSA) is 75.3 Å². The molecule has 144 valence electrons. The lowest BCUT2D eigenvalue weighted by Gasteiger charge is -2.26. The van der Waals surface area contributed by atoms with Crippen molar-refractivity contribution in [1.82, 2.24) is 10.0 Å². The first-order chi connectivity index (χ1) is 12.4. The number of carbonyl (C=O) groups excluding carboxylic acids is 1. The van der Waals surface area contributed by atoms with Crippen LogP contribution in [0.5, 0.6) is 0 Å². The van der Waals surface area contributed by atoms with Gasteiger partial charge in [-0.3, -0.25) is 4.79 Å². The summed E-state index contributed by atoms with van der Waals surface area (Å²) in [5, 5.41) is 3.03. The fourth-order valence-electron chi connectivity index (χ4n) is 3.96. The van der Waals surface area contributed by atoms with Crippen LogP contribution in [0, 0.1) is 5.92 Å². The molecule has 0 bridgehead atoms. The van der Waals surface area contributed by atoms with E-state index in [9.17, 15) is 13.2 Å². The number of carbonyl (C=O) groups is 1. The third kappa shape index (κ3) is 5.07.